The third-order valence-corrected chi connectivity index (χ3v) is 7.09. The summed E-state index contributed by atoms with van der Waals surface area (Å²) in [5, 5.41) is 9.03. The average Bonchev–Trinajstić information content (AvgIpc) is 2.67. The number of hydrogen-bond acceptors (Lipinski definition) is 1. The molecule has 0 spiro atoms. The van der Waals surface area contributed by atoms with Crippen LogP contribution in [0.4, 0.5) is 0 Å². The molecular weight excluding hydrogens is 328 g/mol. The van der Waals surface area contributed by atoms with Crippen molar-refractivity contribution >= 4 is 0 Å². The van der Waals surface area contributed by atoms with E-state index >= 15 is 0 Å². The fourth-order valence-electron chi connectivity index (χ4n) is 4.78. The van der Waals surface area contributed by atoms with Crippen LogP contribution >= 0.6 is 0 Å². The summed E-state index contributed by atoms with van der Waals surface area (Å²) >= 11 is 0. The van der Waals surface area contributed by atoms with Gasteiger partial charge < -0.3 is 5.11 Å². The summed E-state index contributed by atoms with van der Waals surface area (Å²) < 4.78 is 0. The van der Waals surface area contributed by atoms with E-state index in [1.165, 1.54) is 109 Å². The van der Waals surface area contributed by atoms with Crippen LogP contribution in [0.1, 0.15) is 143 Å². The van der Waals surface area contributed by atoms with Crippen molar-refractivity contribution in [2.75, 3.05) is 0 Å². The van der Waals surface area contributed by atoms with Crippen LogP contribution in [0.15, 0.2) is 0 Å². The van der Waals surface area contributed by atoms with Crippen molar-refractivity contribution in [3.63, 3.8) is 0 Å². The Morgan fingerprint density at radius 3 is 1.41 bits per heavy atom. The minimum Gasteiger partial charge on any atom is -0.393 e. The van der Waals surface area contributed by atoms with Crippen molar-refractivity contribution in [2.24, 2.45) is 17.8 Å². The molecule has 0 heterocycles. The maximum absolute atomic E-state index is 9.03. The third-order valence-electron chi connectivity index (χ3n) is 7.09. The Morgan fingerprint density at radius 1 is 0.556 bits per heavy atom. The molecule has 0 aromatic carbocycles. The zero-order chi connectivity index (χ0) is 19.7. The molecule has 0 atom stereocenters. The molecule has 2 rings (SSSR count). The number of aliphatic hydroxyl groups excluding tert-OH is 1. The molecule has 0 aliphatic heterocycles. The monoisotopic (exact) mass is 380 g/mol. The molecule has 0 unspecified atom stereocenters. The first-order chi connectivity index (χ1) is 13.1. The van der Waals surface area contributed by atoms with E-state index in [9.17, 15) is 0 Å². The van der Waals surface area contributed by atoms with Crippen LogP contribution in [0.2, 0.25) is 0 Å². The lowest BCUT2D eigenvalue weighted by atomic mass is 9.80. The standard InChI is InChI=1S/C19H38.C7H14O/c1-3-4-5-6-7-8-9-10-11-12-13-19-16-14-18(2)15-17-19;1-6-2-4-7(8)5-3-6/h18-19H,3-17H2,1-2H3;6-8H,2-5H2,1H3. The topological polar surface area (TPSA) is 20.2 Å². The minimum atomic E-state index is 0.0196. The highest BCUT2D eigenvalue weighted by molar-refractivity contribution is 4.70. The molecule has 0 aromatic rings. The van der Waals surface area contributed by atoms with Gasteiger partial charge in [0.05, 0.1) is 6.10 Å². The van der Waals surface area contributed by atoms with Crippen molar-refractivity contribution in [1.82, 2.24) is 0 Å². The number of unbranched alkanes of at least 4 members (excludes halogenated alkanes) is 9. The Bertz CT molecular complexity index is 287. The Kier molecular flexibility index (Phi) is 15.6. The fourth-order valence-corrected chi connectivity index (χ4v) is 4.78. The first-order valence-electron chi connectivity index (χ1n) is 12.8. The van der Waals surface area contributed by atoms with Crippen LogP contribution in [-0.4, -0.2) is 11.2 Å². The molecule has 0 saturated heterocycles. The molecule has 1 N–H and O–H groups in total. The molecule has 1 nitrogen and oxygen atoms in total. The Labute approximate surface area is 172 Å². The van der Waals surface area contributed by atoms with E-state index in [0.29, 0.717) is 0 Å². The summed E-state index contributed by atoms with van der Waals surface area (Å²) in [7, 11) is 0. The van der Waals surface area contributed by atoms with Crippen LogP contribution < -0.4 is 0 Å². The lowest BCUT2D eigenvalue weighted by Gasteiger charge is -2.26. The van der Waals surface area contributed by atoms with Gasteiger partial charge in [0.25, 0.3) is 0 Å². The molecule has 0 bridgehead atoms. The van der Waals surface area contributed by atoms with Crippen molar-refractivity contribution in [3.8, 4) is 0 Å². The first kappa shape index (κ1) is 25.0. The maximum atomic E-state index is 9.03. The van der Waals surface area contributed by atoms with Gasteiger partial charge in [-0.05, 0) is 43.4 Å². The average molecular weight is 381 g/mol. The molecule has 0 radical (unpaired) electrons. The third kappa shape index (κ3) is 14.6. The predicted octanol–water partition coefficient (Wildman–Crippen LogP) is 8.68. The molecule has 0 aromatic heterocycles. The van der Waals surface area contributed by atoms with E-state index in [4.69, 9.17) is 5.11 Å². The molecular formula is C26H52O. The van der Waals surface area contributed by atoms with E-state index in [2.05, 4.69) is 20.8 Å². The molecule has 1 heteroatoms. The van der Waals surface area contributed by atoms with Crippen LogP contribution in [-0.2, 0) is 0 Å². The summed E-state index contributed by atoms with van der Waals surface area (Å²) in [6, 6.07) is 0. The molecule has 27 heavy (non-hydrogen) atoms. The summed E-state index contributed by atoms with van der Waals surface area (Å²) in [4.78, 5) is 0. The lowest BCUT2D eigenvalue weighted by Crippen LogP contribution is -2.15. The summed E-state index contributed by atoms with van der Waals surface area (Å²) in [5.74, 6) is 2.97. The van der Waals surface area contributed by atoms with E-state index in [1.54, 1.807) is 0 Å². The van der Waals surface area contributed by atoms with Gasteiger partial charge >= 0.3 is 0 Å². The van der Waals surface area contributed by atoms with Gasteiger partial charge in [0.1, 0.15) is 0 Å². The Hall–Kier alpha value is -0.0400. The second-order valence-corrected chi connectivity index (χ2v) is 10.0. The summed E-state index contributed by atoms with van der Waals surface area (Å²) in [6.45, 7) is 6.98. The van der Waals surface area contributed by atoms with Gasteiger partial charge in [-0.3, -0.25) is 0 Å². The normalized spacial score (nSPS) is 28.4. The van der Waals surface area contributed by atoms with Crippen molar-refractivity contribution in [3.05, 3.63) is 0 Å². The summed E-state index contributed by atoms with van der Waals surface area (Å²) in [6.07, 6.45) is 26.9. The van der Waals surface area contributed by atoms with Crippen molar-refractivity contribution in [2.45, 2.75) is 149 Å². The minimum absolute atomic E-state index is 0.0196. The van der Waals surface area contributed by atoms with Crippen LogP contribution in [0.5, 0.6) is 0 Å². The number of aliphatic hydroxyl groups is 1. The zero-order valence-electron chi connectivity index (χ0n) is 19.2. The Morgan fingerprint density at radius 2 is 0.963 bits per heavy atom. The SMILES string of the molecule is CC1CCC(O)CC1.CCCCCCCCCCCCC1CCC(C)CC1. The second-order valence-electron chi connectivity index (χ2n) is 10.0. The van der Waals surface area contributed by atoms with Gasteiger partial charge in [-0.25, -0.2) is 0 Å². The molecule has 0 amide bonds. The fraction of sp³-hybridized carbons (Fsp3) is 1.00. The highest BCUT2D eigenvalue weighted by atomic mass is 16.3. The van der Waals surface area contributed by atoms with Gasteiger partial charge in [-0.1, -0.05) is 117 Å². The highest BCUT2D eigenvalue weighted by Gasteiger charge is 2.17. The van der Waals surface area contributed by atoms with Gasteiger partial charge in [-0.2, -0.15) is 0 Å². The molecule has 2 aliphatic carbocycles. The predicted molar refractivity (Wildman–Crippen MR) is 121 cm³/mol. The van der Waals surface area contributed by atoms with E-state index < -0.39 is 0 Å². The Balaban J connectivity index is 0.000000377. The molecule has 2 aliphatic rings. The van der Waals surface area contributed by atoms with Crippen LogP contribution in [0, 0.1) is 17.8 Å². The quantitative estimate of drug-likeness (QED) is 0.355. The van der Waals surface area contributed by atoms with Crippen molar-refractivity contribution in [1.29, 1.82) is 0 Å². The van der Waals surface area contributed by atoms with Crippen LogP contribution in [0.25, 0.3) is 0 Å². The second kappa shape index (κ2) is 16.9. The van der Waals surface area contributed by atoms with Gasteiger partial charge in [0.2, 0.25) is 0 Å². The van der Waals surface area contributed by atoms with Crippen molar-refractivity contribution < 1.29 is 5.11 Å². The van der Waals surface area contributed by atoms with E-state index in [-0.39, 0.29) is 6.10 Å². The smallest absolute Gasteiger partial charge is 0.0540 e. The van der Waals surface area contributed by atoms with Gasteiger partial charge in [0, 0.05) is 0 Å². The number of rotatable bonds is 11. The van der Waals surface area contributed by atoms with Crippen LogP contribution in [0.3, 0.4) is 0 Å². The molecule has 2 fully saturated rings. The van der Waals surface area contributed by atoms with E-state index in [1.807, 2.05) is 0 Å². The van der Waals surface area contributed by atoms with E-state index in [0.717, 1.165) is 30.6 Å². The number of hydrogen-bond donors (Lipinski definition) is 1. The molecule has 162 valence electrons. The highest BCUT2D eigenvalue weighted by Crippen LogP contribution is 2.31. The van der Waals surface area contributed by atoms with Gasteiger partial charge in [0.15, 0.2) is 0 Å². The lowest BCUT2D eigenvalue weighted by molar-refractivity contribution is 0.112. The summed E-state index contributed by atoms with van der Waals surface area (Å²) in [5.41, 5.74) is 0. The van der Waals surface area contributed by atoms with Gasteiger partial charge in [-0.15, -0.1) is 0 Å². The molecule has 2 saturated carbocycles. The first-order valence-corrected chi connectivity index (χ1v) is 12.8. The largest absolute Gasteiger partial charge is 0.393 e. The maximum Gasteiger partial charge on any atom is 0.0540 e. The zero-order valence-corrected chi connectivity index (χ0v) is 19.2.